The molecule has 1 saturated heterocycles. The lowest BCUT2D eigenvalue weighted by Crippen LogP contribution is -2.56. The summed E-state index contributed by atoms with van der Waals surface area (Å²) < 4.78 is 11.0. The van der Waals surface area contributed by atoms with Crippen molar-refractivity contribution in [3.63, 3.8) is 0 Å². The van der Waals surface area contributed by atoms with E-state index in [9.17, 15) is 9.90 Å². The van der Waals surface area contributed by atoms with E-state index >= 15 is 0 Å². The molecule has 2 aliphatic rings. The summed E-state index contributed by atoms with van der Waals surface area (Å²) in [5, 5.41) is 14.6. The summed E-state index contributed by atoms with van der Waals surface area (Å²) in [7, 11) is 3.26. The molecule has 4 rings (SSSR count). The normalized spacial score (nSPS) is 25.2. The molecule has 178 valence electrons. The molecule has 6 heteroatoms. The number of aliphatic hydroxyl groups is 1. The second kappa shape index (κ2) is 9.74. The zero-order chi connectivity index (χ0) is 23.6. The van der Waals surface area contributed by atoms with Crippen LogP contribution in [-0.4, -0.2) is 48.8 Å². The average Bonchev–Trinajstić information content (AvgIpc) is 2.80. The number of amides is 1. The number of anilines is 1. The van der Waals surface area contributed by atoms with Crippen LogP contribution in [0.5, 0.6) is 11.5 Å². The second-order valence-electron chi connectivity index (χ2n) is 9.60. The van der Waals surface area contributed by atoms with Crippen molar-refractivity contribution in [1.82, 2.24) is 4.90 Å². The minimum atomic E-state index is -0.684. The van der Waals surface area contributed by atoms with Crippen molar-refractivity contribution in [3.05, 3.63) is 53.1 Å². The average molecular weight is 453 g/mol. The maximum absolute atomic E-state index is 13.1. The Morgan fingerprint density at radius 1 is 1.09 bits per heavy atom. The Morgan fingerprint density at radius 3 is 2.61 bits per heavy atom. The number of nitrogens with one attached hydrogen (secondary N) is 1. The van der Waals surface area contributed by atoms with E-state index in [0.717, 1.165) is 42.5 Å². The van der Waals surface area contributed by atoms with Crippen molar-refractivity contribution in [2.75, 3.05) is 32.6 Å². The summed E-state index contributed by atoms with van der Waals surface area (Å²) in [6, 6.07) is 11.9. The third-order valence-corrected chi connectivity index (χ3v) is 7.42. The van der Waals surface area contributed by atoms with Crippen molar-refractivity contribution in [2.45, 2.75) is 57.6 Å². The summed E-state index contributed by atoms with van der Waals surface area (Å²) in [5.41, 5.74) is 3.44. The third kappa shape index (κ3) is 4.87. The predicted molar refractivity (Wildman–Crippen MR) is 130 cm³/mol. The topological polar surface area (TPSA) is 71.0 Å². The number of nitrogens with zero attached hydrogens (tertiary/aromatic N) is 1. The van der Waals surface area contributed by atoms with E-state index < -0.39 is 5.60 Å². The molecule has 1 aliphatic carbocycles. The van der Waals surface area contributed by atoms with Gasteiger partial charge in [0.05, 0.1) is 26.4 Å². The SMILES string of the molecule is COc1ccc([C@@H]2[C@H]3CCCC[C@]3(O)CCN2CC(=O)Nc2ccc(C)cc2C)cc1OC. The van der Waals surface area contributed by atoms with Gasteiger partial charge in [0.15, 0.2) is 11.5 Å². The number of piperidine rings is 1. The van der Waals surface area contributed by atoms with E-state index in [1.807, 2.05) is 44.2 Å². The van der Waals surface area contributed by atoms with Gasteiger partial charge >= 0.3 is 0 Å². The predicted octanol–water partition coefficient (Wildman–Crippen LogP) is 4.63. The number of carbonyl (C=O) groups is 1. The van der Waals surface area contributed by atoms with Crippen LogP contribution in [0.3, 0.4) is 0 Å². The van der Waals surface area contributed by atoms with Gasteiger partial charge in [-0.2, -0.15) is 0 Å². The number of methoxy groups -OCH3 is 2. The zero-order valence-electron chi connectivity index (χ0n) is 20.2. The molecule has 6 nitrogen and oxygen atoms in total. The molecule has 1 amide bonds. The number of rotatable bonds is 6. The lowest BCUT2D eigenvalue weighted by Gasteiger charge is -2.52. The summed E-state index contributed by atoms with van der Waals surface area (Å²) in [5.74, 6) is 1.38. The Bertz CT molecular complexity index is 1010. The van der Waals surface area contributed by atoms with Crippen molar-refractivity contribution in [1.29, 1.82) is 0 Å². The molecule has 1 aliphatic heterocycles. The highest BCUT2D eigenvalue weighted by Gasteiger charge is 2.49. The van der Waals surface area contributed by atoms with Crippen LogP contribution in [0.2, 0.25) is 0 Å². The summed E-state index contributed by atoms with van der Waals surface area (Å²) in [4.78, 5) is 15.3. The van der Waals surface area contributed by atoms with Gasteiger partial charge < -0.3 is 19.9 Å². The Morgan fingerprint density at radius 2 is 1.88 bits per heavy atom. The van der Waals surface area contributed by atoms with E-state index in [0.29, 0.717) is 24.5 Å². The number of aryl methyl sites for hydroxylation is 2. The van der Waals surface area contributed by atoms with Gasteiger partial charge in [-0.05, 0) is 62.4 Å². The fourth-order valence-corrected chi connectivity index (χ4v) is 5.73. The highest BCUT2D eigenvalue weighted by Crippen LogP contribution is 2.50. The monoisotopic (exact) mass is 452 g/mol. The number of carbonyl (C=O) groups excluding carboxylic acids is 1. The summed E-state index contributed by atoms with van der Waals surface area (Å²) in [6.45, 7) is 5.01. The molecule has 0 unspecified atom stereocenters. The van der Waals surface area contributed by atoms with Gasteiger partial charge in [-0.3, -0.25) is 9.69 Å². The quantitative estimate of drug-likeness (QED) is 0.669. The Hall–Kier alpha value is -2.57. The van der Waals surface area contributed by atoms with Gasteiger partial charge in [-0.25, -0.2) is 0 Å². The first-order chi connectivity index (χ1) is 15.8. The maximum atomic E-state index is 13.1. The van der Waals surface area contributed by atoms with Gasteiger partial charge in [0.25, 0.3) is 0 Å². The molecular weight excluding hydrogens is 416 g/mol. The minimum Gasteiger partial charge on any atom is -0.493 e. The van der Waals surface area contributed by atoms with Crippen molar-refractivity contribution >= 4 is 11.6 Å². The molecule has 0 spiro atoms. The van der Waals surface area contributed by atoms with E-state index in [4.69, 9.17) is 9.47 Å². The first-order valence-electron chi connectivity index (χ1n) is 11.9. The lowest BCUT2D eigenvalue weighted by molar-refractivity contribution is -0.135. The smallest absolute Gasteiger partial charge is 0.238 e. The lowest BCUT2D eigenvalue weighted by atomic mass is 9.66. The van der Waals surface area contributed by atoms with E-state index in [1.165, 1.54) is 5.56 Å². The minimum absolute atomic E-state index is 0.0336. The number of fused-ring (bicyclic) bond motifs is 1. The molecule has 3 atom stereocenters. The Labute approximate surface area is 196 Å². The largest absolute Gasteiger partial charge is 0.493 e. The number of ether oxygens (including phenoxy) is 2. The Balaban J connectivity index is 1.62. The van der Waals surface area contributed by atoms with Crippen LogP contribution < -0.4 is 14.8 Å². The van der Waals surface area contributed by atoms with Crippen LogP contribution in [0.15, 0.2) is 36.4 Å². The second-order valence-corrected chi connectivity index (χ2v) is 9.60. The van der Waals surface area contributed by atoms with Crippen LogP contribution in [0.25, 0.3) is 0 Å². The third-order valence-electron chi connectivity index (χ3n) is 7.42. The highest BCUT2D eigenvalue weighted by molar-refractivity contribution is 5.93. The van der Waals surface area contributed by atoms with Crippen LogP contribution in [-0.2, 0) is 4.79 Å². The number of hydrogen-bond acceptors (Lipinski definition) is 5. The summed E-state index contributed by atoms with van der Waals surface area (Å²) >= 11 is 0. The van der Waals surface area contributed by atoms with Crippen LogP contribution in [0.4, 0.5) is 5.69 Å². The van der Waals surface area contributed by atoms with Crippen molar-refractivity contribution in [3.8, 4) is 11.5 Å². The Kier molecular flexibility index (Phi) is 6.96. The fraction of sp³-hybridized carbons (Fsp3) is 0.519. The van der Waals surface area contributed by atoms with E-state index in [2.05, 4.69) is 16.3 Å². The molecule has 2 fully saturated rings. The zero-order valence-corrected chi connectivity index (χ0v) is 20.2. The number of likely N-dealkylation sites (tertiary alicyclic amines) is 1. The molecule has 0 bridgehead atoms. The van der Waals surface area contributed by atoms with Crippen LogP contribution in [0.1, 0.15) is 54.8 Å². The van der Waals surface area contributed by atoms with Crippen LogP contribution >= 0.6 is 0 Å². The number of hydrogen-bond donors (Lipinski definition) is 2. The van der Waals surface area contributed by atoms with Gasteiger partial charge in [0, 0.05) is 24.2 Å². The van der Waals surface area contributed by atoms with Crippen LogP contribution in [0, 0.1) is 19.8 Å². The molecule has 2 N–H and O–H groups in total. The standard InChI is InChI=1S/C27H36N2O4/c1-18-8-10-22(19(2)15-18)28-25(30)17-29-14-13-27(31)12-6-5-7-21(27)26(29)20-9-11-23(32-3)24(16-20)33-4/h8-11,15-16,21,26,31H,5-7,12-14,17H2,1-4H3,(H,28,30)/t21-,26-,27+/m1/s1. The molecule has 1 saturated carbocycles. The molecule has 2 aromatic rings. The summed E-state index contributed by atoms with van der Waals surface area (Å²) in [6.07, 6.45) is 4.62. The fourth-order valence-electron chi connectivity index (χ4n) is 5.73. The van der Waals surface area contributed by atoms with Gasteiger partial charge in [0.2, 0.25) is 5.91 Å². The maximum Gasteiger partial charge on any atom is 0.238 e. The van der Waals surface area contributed by atoms with E-state index in [-0.39, 0.29) is 24.4 Å². The van der Waals surface area contributed by atoms with Gasteiger partial charge in [-0.1, -0.05) is 36.6 Å². The molecule has 0 radical (unpaired) electrons. The number of benzene rings is 2. The van der Waals surface area contributed by atoms with Gasteiger partial charge in [0.1, 0.15) is 0 Å². The van der Waals surface area contributed by atoms with Gasteiger partial charge in [-0.15, -0.1) is 0 Å². The molecule has 2 aromatic carbocycles. The molecular formula is C27H36N2O4. The highest BCUT2D eigenvalue weighted by atomic mass is 16.5. The van der Waals surface area contributed by atoms with Crippen molar-refractivity contribution in [2.24, 2.45) is 5.92 Å². The molecule has 1 heterocycles. The molecule has 0 aromatic heterocycles. The molecule has 33 heavy (non-hydrogen) atoms. The first-order valence-corrected chi connectivity index (χ1v) is 11.9. The van der Waals surface area contributed by atoms with Crippen molar-refractivity contribution < 1.29 is 19.4 Å². The first kappa shape index (κ1) is 23.6. The van der Waals surface area contributed by atoms with E-state index in [1.54, 1.807) is 14.2 Å².